The SMILES string of the molecule is CCCCCC(C)(C)c1ccc2cc(C=N)c(C(N)=NC)c(-c3cc(CC(F)(F)F)cc(CC(F)(F)F)c3)c2c1. The average molecular weight is 564 g/mol. The third-order valence-corrected chi connectivity index (χ3v) is 7.16. The van der Waals surface area contributed by atoms with E-state index in [0.29, 0.717) is 27.5 Å². The molecule has 0 heterocycles. The first kappa shape index (κ1) is 31.2. The van der Waals surface area contributed by atoms with E-state index in [9.17, 15) is 26.3 Å². The topological polar surface area (TPSA) is 62.2 Å². The maximum Gasteiger partial charge on any atom is 0.393 e. The smallest absolute Gasteiger partial charge is 0.383 e. The van der Waals surface area contributed by atoms with Crippen molar-refractivity contribution in [2.45, 2.75) is 77.1 Å². The molecule has 0 aromatic heterocycles. The molecule has 0 unspecified atom stereocenters. The van der Waals surface area contributed by atoms with E-state index in [-0.39, 0.29) is 27.9 Å². The van der Waals surface area contributed by atoms with E-state index in [1.54, 1.807) is 6.07 Å². The highest BCUT2D eigenvalue weighted by molar-refractivity contribution is 6.16. The lowest BCUT2D eigenvalue weighted by Crippen LogP contribution is -2.19. The van der Waals surface area contributed by atoms with E-state index in [1.807, 2.05) is 18.2 Å². The molecular weight excluding hydrogens is 528 g/mol. The molecule has 0 amide bonds. The molecule has 216 valence electrons. The molecule has 0 atom stereocenters. The number of hydrogen-bond acceptors (Lipinski definition) is 2. The Kier molecular flexibility index (Phi) is 9.37. The lowest BCUT2D eigenvalue weighted by atomic mass is 9.78. The fourth-order valence-electron chi connectivity index (χ4n) is 5.18. The predicted molar refractivity (Wildman–Crippen MR) is 151 cm³/mol. The molecule has 0 saturated heterocycles. The quantitative estimate of drug-likeness (QED) is 0.110. The molecule has 9 heteroatoms. The van der Waals surface area contributed by atoms with Crippen LogP contribution in [-0.4, -0.2) is 31.5 Å². The van der Waals surface area contributed by atoms with Crippen molar-refractivity contribution < 1.29 is 26.3 Å². The second kappa shape index (κ2) is 12.0. The standard InChI is InChI=1S/C31H35F6N3/c1-5-6-7-10-29(2,3)24-9-8-21-14-23(18-38)27(28(39)40-4)26(25(21)15-24)22-12-19(16-30(32,33)34)11-20(13-22)17-31(35,36)37/h8-9,11-15,18,38H,5-7,10,16-17H2,1-4H3,(H2,39,40). The summed E-state index contributed by atoms with van der Waals surface area (Å²) >= 11 is 0. The highest BCUT2D eigenvalue weighted by Gasteiger charge is 2.31. The Hall–Kier alpha value is -3.36. The maximum absolute atomic E-state index is 13.4. The molecule has 3 aromatic carbocycles. The summed E-state index contributed by atoms with van der Waals surface area (Å²) in [4.78, 5) is 4.08. The summed E-state index contributed by atoms with van der Waals surface area (Å²) in [6.07, 6.45) is -6.86. The van der Waals surface area contributed by atoms with Crippen LogP contribution in [0.1, 0.15) is 74.3 Å². The largest absolute Gasteiger partial charge is 0.393 e. The van der Waals surface area contributed by atoms with Crippen LogP contribution in [-0.2, 0) is 18.3 Å². The highest BCUT2D eigenvalue weighted by Crippen LogP contribution is 2.40. The van der Waals surface area contributed by atoms with Crippen LogP contribution in [0, 0.1) is 5.41 Å². The fourth-order valence-corrected chi connectivity index (χ4v) is 5.18. The van der Waals surface area contributed by atoms with E-state index in [1.165, 1.54) is 19.2 Å². The van der Waals surface area contributed by atoms with Crippen LogP contribution in [0.3, 0.4) is 0 Å². The Morgan fingerprint density at radius 2 is 1.50 bits per heavy atom. The van der Waals surface area contributed by atoms with Crippen LogP contribution in [0.5, 0.6) is 0 Å². The Bertz CT molecular complexity index is 1370. The average Bonchev–Trinajstić information content (AvgIpc) is 2.84. The van der Waals surface area contributed by atoms with Crippen LogP contribution in [0.25, 0.3) is 21.9 Å². The van der Waals surface area contributed by atoms with Gasteiger partial charge >= 0.3 is 12.4 Å². The maximum atomic E-state index is 13.4. The number of alkyl halides is 6. The van der Waals surface area contributed by atoms with E-state index >= 15 is 0 Å². The third-order valence-electron chi connectivity index (χ3n) is 7.16. The van der Waals surface area contributed by atoms with Gasteiger partial charge < -0.3 is 11.1 Å². The molecule has 0 spiro atoms. The van der Waals surface area contributed by atoms with Crippen LogP contribution in [0.15, 0.2) is 47.5 Å². The Labute approximate surface area is 231 Å². The van der Waals surface area contributed by atoms with Crippen molar-refractivity contribution in [3.05, 3.63) is 70.3 Å². The van der Waals surface area contributed by atoms with Crippen molar-refractivity contribution in [3.8, 4) is 11.1 Å². The minimum absolute atomic E-state index is 0.0293. The molecule has 0 saturated carbocycles. The van der Waals surface area contributed by atoms with Gasteiger partial charge in [-0.15, -0.1) is 0 Å². The van der Waals surface area contributed by atoms with Crippen molar-refractivity contribution >= 4 is 22.8 Å². The molecule has 0 aliphatic carbocycles. The van der Waals surface area contributed by atoms with Crippen molar-refractivity contribution in [3.63, 3.8) is 0 Å². The number of rotatable bonds is 10. The number of amidine groups is 1. The number of fused-ring (bicyclic) bond motifs is 1. The molecule has 3 aromatic rings. The monoisotopic (exact) mass is 563 g/mol. The Morgan fingerprint density at radius 1 is 0.900 bits per heavy atom. The van der Waals surface area contributed by atoms with E-state index in [4.69, 9.17) is 11.1 Å². The number of aliphatic imine (C=N–C) groups is 1. The first-order chi connectivity index (χ1) is 18.6. The lowest BCUT2D eigenvalue weighted by Gasteiger charge is -2.27. The van der Waals surface area contributed by atoms with Gasteiger partial charge in [0.25, 0.3) is 0 Å². The molecule has 0 bridgehead atoms. The summed E-state index contributed by atoms with van der Waals surface area (Å²) in [6, 6.07) is 11.0. The molecule has 0 aliphatic rings. The van der Waals surface area contributed by atoms with Gasteiger partial charge in [0.05, 0.1) is 12.8 Å². The summed E-state index contributed by atoms with van der Waals surface area (Å²) in [6.45, 7) is 6.35. The number of benzene rings is 3. The molecule has 0 aliphatic heterocycles. The van der Waals surface area contributed by atoms with Gasteiger partial charge in [-0.25, -0.2) is 0 Å². The van der Waals surface area contributed by atoms with Crippen LogP contribution in [0.2, 0.25) is 0 Å². The summed E-state index contributed by atoms with van der Waals surface area (Å²) in [5.74, 6) is 0.0293. The first-order valence-corrected chi connectivity index (χ1v) is 13.2. The molecule has 40 heavy (non-hydrogen) atoms. The van der Waals surface area contributed by atoms with Crippen molar-refractivity contribution in [1.29, 1.82) is 5.41 Å². The number of unbranched alkanes of at least 4 members (excludes halogenated alkanes) is 2. The Morgan fingerprint density at radius 3 is 2.00 bits per heavy atom. The summed E-state index contributed by atoms with van der Waals surface area (Å²) in [5, 5.41) is 9.32. The summed E-state index contributed by atoms with van der Waals surface area (Å²) in [7, 11) is 1.44. The zero-order chi connectivity index (χ0) is 29.9. The Balaban J connectivity index is 2.43. The number of nitrogens with zero attached hydrogens (tertiary/aromatic N) is 1. The minimum atomic E-state index is -4.62. The number of nitrogens with two attached hydrogens (primary N) is 1. The van der Waals surface area contributed by atoms with Gasteiger partial charge in [0.2, 0.25) is 0 Å². The zero-order valence-corrected chi connectivity index (χ0v) is 23.2. The minimum Gasteiger partial charge on any atom is -0.383 e. The number of halogens is 6. The molecule has 0 radical (unpaired) electrons. The van der Waals surface area contributed by atoms with E-state index in [2.05, 4.69) is 25.8 Å². The van der Waals surface area contributed by atoms with Crippen molar-refractivity contribution in [1.82, 2.24) is 0 Å². The first-order valence-electron chi connectivity index (χ1n) is 13.2. The molecular formula is C31H35F6N3. The van der Waals surface area contributed by atoms with Gasteiger partial charge in [0, 0.05) is 30.0 Å². The molecule has 0 fully saturated rings. The zero-order valence-electron chi connectivity index (χ0n) is 23.2. The van der Waals surface area contributed by atoms with Gasteiger partial charge in [0.1, 0.15) is 5.84 Å². The van der Waals surface area contributed by atoms with Gasteiger partial charge in [-0.1, -0.05) is 70.4 Å². The summed E-state index contributed by atoms with van der Waals surface area (Å²) in [5.41, 5.74) is 7.64. The second-order valence-corrected chi connectivity index (χ2v) is 10.9. The normalized spacial score (nSPS) is 13.2. The van der Waals surface area contributed by atoms with Gasteiger partial charge in [-0.05, 0) is 57.0 Å². The molecule has 3 nitrogen and oxygen atoms in total. The van der Waals surface area contributed by atoms with Crippen LogP contribution in [0.4, 0.5) is 26.3 Å². The molecule has 3 N–H and O–H groups in total. The van der Waals surface area contributed by atoms with Crippen molar-refractivity contribution in [2.75, 3.05) is 7.05 Å². The second-order valence-electron chi connectivity index (χ2n) is 10.9. The van der Waals surface area contributed by atoms with E-state index in [0.717, 1.165) is 43.5 Å². The van der Waals surface area contributed by atoms with Crippen molar-refractivity contribution in [2.24, 2.45) is 10.7 Å². The summed E-state index contributed by atoms with van der Waals surface area (Å²) < 4.78 is 80.4. The predicted octanol–water partition coefficient (Wildman–Crippen LogP) is 8.91. The third kappa shape index (κ3) is 7.64. The highest BCUT2D eigenvalue weighted by atomic mass is 19.4. The number of nitrogens with one attached hydrogen (secondary N) is 1. The van der Waals surface area contributed by atoms with Gasteiger partial charge in [-0.3, -0.25) is 4.99 Å². The van der Waals surface area contributed by atoms with E-state index < -0.39 is 25.2 Å². The fraction of sp³-hybridized carbons (Fsp3) is 0.419. The molecule has 3 rings (SSSR count). The van der Waals surface area contributed by atoms with Crippen LogP contribution < -0.4 is 5.73 Å². The number of hydrogen-bond donors (Lipinski definition) is 2. The van der Waals surface area contributed by atoms with Crippen LogP contribution >= 0.6 is 0 Å². The van der Waals surface area contributed by atoms with Gasteiger partial charge in [0.15, 0.2) is 0 Å². The van der Waals surface area contributed by atoms with Gasteiger partial charge in [-0.2, -0.15) is 26.3 Å². The lowest BCUT2D eigenvalue weighted by molar-refractivity contribution is -0.127.